The average molecular weight is 469 g/mol. The van der Waals surface area contributed by atoms with Crippen LogP contribution in [0.1, 0.15) is 12.5 Å². The lowest BCUT2D eigenvalue weighted by molar-refractivity contribution is 0.0793. The van der Waals surface area contributed by atoms with Gasteiger partial charge in [0.25, 0.3) is 0 Å². The Kier molecular flexibility index (Phi) is 5.29. The summed E-state index contributed by atoms with van der Waals surface area (Å²) in [5.41, 5.74) is 2.52. The van der Waals surface area contributed by atoms with Gasteiger partial charge in [-0.1, -0.05) is 42.5 Å². The molecule has 1 saturated heterocycles. The van der Waals surface area contributed by atoms with Crippen LogP contribution in [-0.2, 0) is 11.3 Å². The number of hydrogen-bond donors (Lipinski definition) is 0. The smallest absolute Gasteiger partial charge is 0.410 e. The number of piperazine rings is 1. The van der Waals surface area contributed by atoms with Crippen molar-refractivity contribution in [3.8, 4) is 11.6 Å². The summed E-state index contributed by atoms with van der Waals surface area (Å²) in [7, 11) is 0. The van der Waals surface area contributed by atoms with E-state index < -0.39 is 0 Å². The quantitative estimate of drug-likeness (QED) is 0.387. The molecule has 0 bridgehead atoms. The summed E-state index contributed by atoms with van der Waals surface area (Å²) in [4.78, 5) is 21.7. The van der Waals surface area contributed by atoms with Gasteiger partial charge in [-0.2, -0.15) is 0 Å². The zero-order chi connectivity index (χ0) is 23.8. The number of nitrogens with zero attached hydrogens (tertiary/aromatic N) is 6. The van der Waals surface area contributed by atoms with E-state index in [-0.39, 0.29) is 18.7 Å². The average Bonchev–Trinajstić information content (AvgIpc) is 3.58. The number of ether oxygens (including phenoxy) is 1. The molecule has 2 aromatic carbocycles. The summed E-state index contributed by atoms with van der Waals surface area (Å²) in [6.45, 7) is 3.99. The van der Waals surface area contributed by atoms with Crippen LogP contribution in [0.2, 0.25) is 0 Å². The molecule has 6 rings (SSSR count). The molecule has 0 N–H and O–H groups in total. The largest absolute Gasteiger partial charge is 0.461 e. The number of benzene rings is 2. The third-order valence-electron chi connectivity index (χ3n) is 6.32. The lowest BCUT2D eigenvalue weighted by Crippen LogP contribution is -2.54. The van der Waals surface area contributed by atoms with Crippen LogP contribution >= 0.6 is 0 Å². The summed E-state index contributed by atoms with van der Waals surface area (Å²) in [5, 5.41) is 9.82. The molecule has 4 heterocycles. The number of anilines is 1. The van der Waals surface area contributed by atoms with Crippen molar-refractivity contribution < 1.29 is 13.9 Å². The number of carbonyl (C=O) groups is 1. The SMILES string of the molecule is C[C@H]1CN(c2nc3ccccc3c3nnc(-c4ccco4)n23)CCN1C(=O)OCc1ccccc1. The molecule has 9 heteroatoms. The van der Waals surface area contributed by atoms with Gasteiger partial charge in [0, 0.05) is 31.1 Å². The van der Waals surface area contributed by atoms with Crippen molar-refractivity contribution in [2.24, 2.45) is 0 Å². The van der Waals surface area contributed by atoms with Crippen LogP contribution in [-0.4, -0.2) is 56.3 Å². The second kappa shape index (κ2) is 8.75. The zero-order valence-corrected chi connectivity index (χ0v) is 19.2. The maximum Gasteiger partial charge on any atom is 0.410 e. The Morgan fingerprint density at radius 2 is 1.86 bits per heavy atom. The second-order valence-corrected chi connectivity index (χ2v) is 8.62. The molecular formula is C26H24N6O3. The molecule has 0 radical (unpaired) electrons. The predicted molar refractivity (Wildman–Crippen MR) is 131 cm³/mol. The van der Waals surface area contributed by atoms with Gasteiger partial charge in [0.15, 0.2) is 11.4 Å². The van der Waals surface area contributed by atoms with Crippen molar-refractivity contribution in [3.63, 3.8) is 0 Å². The van der Waals surface area contributed by atoms with Gasteiger partial charge in [-0.15, -0.1) is 10.2 Å². The Morgan fingerprint density at radius 1 is 1.03 bits per heavy atom. The molecule has 1 amide bonds. The van der Waals surface area contributed by atoms with Gasteiger partial charge in [0.05, 0.1) is 11.8 Å². The number of furan rings is 1. The first-order valence-corrected chi connectivity index (χ1v) is 11.6. The highest BCUT2D eigenvalue weighted by Crippen LogP contribution is 2.29. The first-order valence-electron chi connectivity index (χ1n) is 11.6. The Hall–Kier alpha value is -4.40. The molecule has 1 fully saturated rings. The molecule has 9 nitrogen and oxygen atoms in total. The third-order valence-corrected chi connectivity index (χ3v) is 6.32. The van der Waals surface area contributed by atoms with Gasteiger partial charge in [0.2, 0.25) is 11.8 Å². The van der Waals surface area contributed by atoms with Crippen molar-refractivity contribution in [1.82, 2.24) is 24.5 Å². The normalized spacial score (nSPS) is 16.2. The summed E-state index contributed by atoms with van der Waals surface area (Å²) < 4.78 is 13.2. The van der Waals surface area contributed by atoms with Crippen LogP contribution in [0.4, 0.5) is 10.7 Å². The van der Waals surface area contributed by atoms with Crippen molar-refractivity contribution in [2.45, 2.75) is 19.6 Å². The van der Waals surface area contributed by atoms with E-state index >= 15 is 0 Å². The number of rotatable bonds is 4. The zero-order valence-electron chi connectivity index (χ0n) is 19.2. The molecule has 1 atom stereocenters. The molecule has 1 aliphatic heterocycles. The molecule has 35 heavy (non-hydrogen) atoms. The highest BCUT2D eigenvalue weighted by Gasteiger charge is 2.31. The topological polar surface area (TPSA) is 89.0 Å². The molecule has 1 aliphatic rings. The Morgan fingerprint density at radius 3 is 2.66 bits per heavy atom. The fourth-order valence-corrected chi connectivity index (χ4v) is 4.56. The van der Waals surface area contributed by atoms with E-state index in [1.54, 1.807) is 11.2 Å². The maximum atomic E-state index is 12.8. The number of para-hydroxylation sites is 1. The highest BCUT2D eigenvalue weighted by molar-refractivity contribution is 5.93. The maximum absolute atomic E-state index is 12.8. The van der Waals surface area contributed by atoms with Gasteiger partial charge in [-0.3, -0.25) is 0 Å². The standard InChI is InChI=1S/C26H24N6O3/c1-18-16-30(13-14-31(18)26(33)35-17-19-8-3-2-4-9-19)25-27-21-11-6-5-10-20(21)23-28-29-24(32(23)25)22-12-7-15-34-22/h2-12,15,18H,13-14,16-17H2,1H3/t18-/m0/s1. The molecule has 0 aliphatic carbocycles. The number of carbonyl (C=O) groups excluding carboxylic acids is 1. The van der Waals surface area contributed by atoms with Crippen LogP contribution in [0.3, 0.4) is 0 Å². The summed E-state index contributed by atoms with van der Waals surface area (Å²) in [5.74, 6) is 1.93. The molecule has 0 unspecified atom stereocenters. The Bertz CT molecular complexity index is 1480. The van der Waals surface area contributed by atoms with E-state index in [9.17, 15) is 4.79 Å². The lowest BCUT2D eigenvalue weighted by atomic mass is 10.2. The Balaban J connectivity index is 1.30. The van der Waals surface area contributed by atoms with E-state index in [2.05, 4.69) is 15.1 Å². The van der Waals surface area contributed by atoms with Crippen molar-refractivity contribution in [3.05, 3.63) is 78.6 Å². The summed E-state index contributed by atoms with van der Waals surface area (Å²) in [6.07, 6.45) is 1.31. The predicted octanol–water partition coefficient (Wildman–Crippen LogP) is 4.38. The van der Waals surface area contributed by atoms with Crippen molar-refractivity contribution >= 4 is 28.6 Å². The van der Waals surface area contributed by atoms with Gasteiger partial charge < -0.3 is 19.0 Å². The molecule has 3 aromatic heterocycles. The van der Waals surface area contributed by atoms with E-state index in [4.69, 9.17) is 14.1 Å². The van der Waals surface area contributed by atoms with E-state index in [0.717, 1.165) is 22.4 Å². The first kappa shape index (κ1) is 21.2. The lowest BCUT2D eigenvalue weighted by Gasteiger charge is -2.39. The Labute approximate surface area is 201 Å². The molecule has 176 valence electrons. The molecule has 0 saturated carbocycles. The van der Waals surface area contributed by atoms with Crippen LogP contribution in [0.5, 0.6) is 0 Å². The van der Waals surface area contributed by atoms with E-state index in [1.165, 1.54) is 0 Å². The summed E-state index contributed by atoms with van der Waals surface area (Å²) >= 11 is 0. The monoisotopic (exact) mass is 468 g/mol. The van der Waals surface area contributed by atoms with Crippen molar-refractivity contribution in [2.75, 3.05) is 24.5 Å². The van der Waals surface area contributed by atoms with Crippen LogP contribution < -0.4 is 4.90 Å². The minimum absolute atomic E-state index is 0.0705. The molecular weight excluding hydrogens is 444 g/mol. The van der Waals surface area contributed by atoms with Crippen LogP contribution in [0, 0.1) is 0 Å². The van der Waals surface area contributed by atoms with E-state index in [1.807, 2.05) is 78.1 Å². The highest BCUT2D eigenvalue weighted by atomic mass is 16.6. The third kappa shape index (κ3) is 3.84. The van der Waals surface area contributed by atoms with Gasteiger partial charge >= 0.3 is 6.09 Å². The van der Waals surface area contributed by atoms with Gasteiger partial charge in [-0.25, -0.2) is 14.2 Å². The van der Waals surface area contributed by atoms with Gasteiger partial charge in [0.1, 0.15) is 6.61 Å². The van der Waals surface area contributed by atoms with E-state index in [0.29, 0.717) is 36.9 Å². The number of fused-ring (bicyclic) bond motifs is 3. The second-order valence-electron chi connectivity index (χ2n) is 8.62. The minimum Gasteiger partial charge on any atom is -0.461 e. The van der Waals surface area contributed by atoms with Crippen molar-refractivity contribution in [1.29, 1.82) is 0 Å². The minimum atomic E-state index is -0.307. The fourth-order valence-electron chi connectivity index (χ4n) is 4.56. The number of amides is 1. The number of hydrogen-bond acceptors (Lipinski definition) is 7. The van der Waals surface area contributed by atoms with Gasteiger partial charge in [-0.05, 0) is 36.8 Å². The molecule has 0 spiro atoms. The molecule has 5 aromatic rings. The first-order chi connectivity index (χ1) is 17.2. The number of aromatic nitrogens is 4. The van der Waals surface area contributed by atoms with Crippen LogP contribution in [0.15, 0.2) is 77.4 Å². The summed E-state index contributed by atoms with van der Waals surface area (Å²) in [6, 6.07) is 21.2. The fraction of sp³-hybridized carbons (Fsp3) is 0.231. The van der Waals surface area contributed by atoms with Crippen LogP contribution in [0.25, 0.3) is 28.1 Å².